The first-order valence-corrected chi connectivity index (χ1v) is 11.0. The molecule has 4 rings (SSSR count). The molecule has 3 fully saturated rings. The topological polar surface area (TPSA) is 32.8 Å². The summed E-state index contributed by atoms with van der Waals surface area (Å²) in [6.45, 7) is -1.53. The van der Waals surface area contributed by atoms with E-state index in [0.29, 0.717) is 42.2 Å². The van der Waals surface area contributed by atoms with Crippen LogP contribution in [0.4, 0.5) is 30.7 Å². The van der Waals surface area contributed by atoms with Crippen LogP contribution in [0.2, 0.25) is 0 Å². The number of carbonyl (C=O) groups is 1. The number of nitrogens with zero attached hydrogens (tertiary/aromatic N) is 2. The van der Waals surface area contributed by atoms with Gasteiger partial charge in [-0.1, -0.05) is 0 Å². The van der Waals surface area contributed by atoms with Crippen molar-refractivity contribution >= 4 is 5.91 Å². The molecule has 11 heteroatoms. The van der Waals surface area contributed by atoms with Crippen molar-refractivity contribution in [2.24, 2.45) is 17.8 Å². The predicted octanol–water partition coefficient (Wildman–Crippen LogP) is 4.74. The van der Waals surface area contributed by atoms with Gasteiger partial charge >= 0.3 is 6.18 Å². The van der Waals surface area contributed by atoms with Crippen LogP contribution >= 0.6 is 0 Å². The van der Waals surface area contributed by atoms with E-state index in [1.807, 2.05) is 0 Å². The van der Waals surface area contributed by atoms with Crippen molar-refractivity contribution < 1.29 is 40.3 Å². The number of carbonyl (C=O) groups excluding carboxylic acids is 1. The predicted molar refractivity (Wildman–Crippen MR) is 104 cm³/mol. The summed E-state index contributed by atoms with van der Waals surface area (Å²) < 4.78 is 97.3. The highest BCUT2D eigenvalue weighted by atomic mass is 19.4. The van der Waals surface area contributed by atoms with E-state index in [0.717, 1.165) is 31.4 Å². The highest BCUT2D eigenvalue weighted by Crippen LogP contribution is 2.49. The minimum atomic E-state index is -4.18. The fraction of sp³-hybridized carbons (Fsp3) is 0.682. The molecule has 2 heterocycles. The van der Waals surface area contributed by atoms with E-state index in [1.54, 1.807) is 0 Å². The lowest BCUT2D eigenvalue weighted by Crippen LogP contribution is -2.58. The second kappa shape index (κ2) is 8.96. The van der Waals surface area contributed by atoms with Crippen LogP contribution in [0.15, 0.2) is 12.1 Å². The van der Waals surface area contributed by atoms with E-state index in [4.69, 9.17) is 4.74 Å². The molecule has 0 radical (unpaired) electrons. The van der Waals surface area contributed by atoms with Crippen molar-refractivity contribution in [3.05, 3.63) is 29.3 Å². The number of benzene rings is 1. The van der Waals surface area contributed by atoms with Gasteiger partial charge in [0.2, 0.25) is 0 Å². The summed E-state index contributed by atoms with van der Waals surface area (Å²) in [5.74, 6) is -5.39. The third-order valence-electron chi connectivity index (χ3n) is 6.74. The molecule has 1 aliphatic carbocycles. The van der Waals surface area contributed by atoms with Crippen LogP contribution in [0.25, 0.3) is 0 Å². The quantitative estimate of drug-likeness (QED) is 0.527. The van der Waals surface area contributed by atoms with Gasteiger partial charge in [0.1, 0.15) is 22.9 Å². The zero-order valence-electron chi connectivity index (χ0n) is 17.8. The number of ether oxygens (including phenoxy) is 1. The molecule has 184 valence electrons. The van der Waals surface area contributed by atoms with E-state index in [-0.39, 0.29) is 12.4 Å². The summed E-state index contributed by atoms with van der Waals surface area (Å²) in [4.78, 5) is 14.2. The Kier molecular flexibility index (Phi) is 6.54. The normalized spacial score (nSPS) is 25.6. The standard InChI is InChI=1S/C22H25F7N2O2/c23-17-8-15(9-18(24)19(17)20(32)31-10-21(25,26)11-31)33-6-3-14-7-16(14)13-1-4-30(5-2-13)12-22(27,28)29/h8-9,13-14,16H,1-7,10-12H2. The maximum Gasteiger partial charge on any atom is 0.401 e. The number of piperidine rings is 1. The van der Waals surface area contributed by atoms with Crippen LogP contribution in [0, 0.1) is 29.4 Å². The molecule has 3 aliphatic rings. The van der Waals surface area contributed by atoms with Crippen molar-refractivity contribution in [3.63, 3.8) is 0 Å². The number of hydrogen-bond acceptors (Lipinski definition) is 3. The fourth-order valence-corrected chi connectivity index (χ4v) is 4.95. The highest BCUT2D eigenvalue weighted by Gasteiger charge is 2.47. The van der Waals surface area contributed by atoms with Crippen LogP contribution < -0.4 is 4.74 Å². The van der Waals surface area contributed by atoms with Gasteiger partial charge in [-0.25, -0.2) is 17.6 Å². The lowest BCUT2D eigenvalue weighted by Gasteiger charge is -2.38. The molecule has 0 bridgehead atoms. The molecule has 1 aromatic rings. The number of alkyl halides is 5. The lowest BCUT2D eigenvalue weighted by atomic mass is 9.90. The van der Waals surface area contributed by atoms with Gasteiger partial charge in [-0.15, -0.1) is 0 Å². The van der Waals surface area contributed by atoms with Gasteiger partial charge in [-0.3, -0.25) is 9.69 Å². The Bertz CT molecular complexity index is 853. The summed E-state index contributed by atoms with van der Waals surface area (Å²) >= 11 is 0. The molecule has 1 amide bonds. The zero-order valence-corrected chi connectivity index (χ0v) is 17.8. The van der Waals surface area contributed by atoms with E-state index >= 15 is 0 Å². The van der Waals surface area contributed by atoms with E-state index in [9.17, 15) is 35.5 Å². The molecule has 2 unspecified atom stereocenters. The smallest absolute Gasteiger partial charge is 0.401 e. The molecule has 1 aromatic carbocycles. The number of halogens is 7. The second-order valence-corrected chi connectivity index (χ2v) is 9.30. The minimum Gasteiger partial charge on any atom is -0.493 e. The van der Waals surface area contributed by atoms with Gasteiger partial charge in [-0.05, 0) is 56.5 Å². The molecule has 2 atom stereocenters. The van der Waals surface area contributed by atoms with Gasteiger partial charge < -0.3 is 9.64 Å². The van der Waals surface area contributed by atoms with Crippen molar-refractivity contribution in [2.75, 3.05) is 39.3 Å². The molecule has 0 spiro atoms. The molecule has 2 saturated heterocycles. The maximum absolute atomic E-state index is 14.3. The van der Waals surface area contributed by atoms with Gasteiger partial charge in [-0.2, -0.15) is 13.2 Å². The van der Waals surface area contributed by atoms with Crippen molar-refractivity contribution in [3.8, 4) is 5.75 Å². The Labute approximate surface area is 186 Å². The Morgan fingerprint density at radius 1 is 1.09 bits per heavy atom. The molecule has 1 saturated carbocycles. The SMILES string of the molecule is O=C(c1c(F)cc(OCCC2CC2C2CCN(CC(F)(F)F)CC2)cc1F)N1CC(F)(F)C1. The summed E-state index contributed by atoms with van der Waals surface area (Å²) in [6, 6.07) is 1.74. The van der Waals surface area contributed by atoms with Gasteiger partial charge in [0.15, 0.2) is 0 Å². The van der Waals surface area contributed by atoms with Crippen LogP contribution in [-0.4, -0.2) is 67.1 Å². The monoisotopic (exact) mass is 482 g/mol. The van der Waals surface area contributed by atoms with Crippen molar-refractivity contribution in [1.29, 1.82) is 0 Å². The molecule has 2 aliphatic heterocycles. The molecule has 33 heavy (non-hydrogen) atoms. The Morgan fingerprint density at radius 2 is 1.70 bits per heavy atom. The minimum absolute atomic E-state index is 0.0897. The fourth-order valence-electron chi connectivity index (χ4n) is 4.95. The van der Waals surface area contributed by atoms with E-state index < -0.39 is 54.8 Å². The highest BCUT2D eigenvalue weighted by molar-refractivity contribution is 5.95. The van der Waals surface area contributed by atoms with E-state index in [2.05, 4.69) is 0 Å². The van der Waals surface area contributed by atoms with E-state index in [1.165, 1.54) is 4.90 Å². The molecule has 0 N–H and O–H groups in total. The van der Waals surface area contributed by atoms with Gasteiger partial charge in [0.25, 0.3) is 11.8 Å². The van der Waals surface area contributed by atoms with Crippen molar-refractivity contribution in [2.45, 2.75) is 37.8 Å². The molecular weight excluding hydrogens is 457 g/mol. The molecule has 4 nitrogen and oxygen atoms in total. The van der Waals surface area contributed by atoms with Crippen LogP contribution in [0.5, 0.6) is 5.75 Å². The first kappa shape index (κ1) is 24.1. The average Bonchev–Trinajstić information content (AvgIpc) is 3.44. The first-order chi connectivity index (χ1) is 15.4. The third kappa shape index (κ3) is 5.91. The average molecular weight is 482 g/mol. The summed E-state index contributed by atoms with van der Waals surface area (Å²) in [5.41, 5.74) is -0.878. The summed E-state index contributed by atoms with van der Waals surface area (Å²) in [7, 11) is 0. The second-order valence-electron chi connectivity index (χ2n) is 9.30. The number of rotatable bonds is 7. The maximum atomic E-state index is 14.3. The largest absolute Gasteiger partial charge is 0.493 e. The Morgan fingerprint density at radius 3 is 2.24 bits per heavy atom. The zero-order chi connectivity index (χ0) is 24.0. The van der Waals surface area contributed by atoms with Crippen LogP contribution in [-0.2, 0) is 0 Å². The van der Waals surface area contributed by atoms with Gasteiger partial charge in [0, 0.05) is 12.1 Å². The van der Waals surface area contributed by atoms with Crippen molar-refractivity contribution in [1.82, 2.24) is 9.80 Å². The first-order valence-electron chi connectivity index (χ1n) is 11.0. The third-order valence-corrected chi connectivity index (χ3v) is 6.74. The summed E-state index contributed by atoms with van der Waals surface area (Å²) in [5, 5.41) is 0. The number of likely N-dealkylation sites (tertiary alicyclic amines) is 2. The number of hydrogen-bond donors (Lipinski definition) is 0. The van der Waals surface area contributed by atoms with Crippen LogP contribution in [0.3, 0.4) is 0 Å². The molecular formula is C22H25F7N2O2. The summed E-state index contributed by atoms with van der Waals surface area (Å²) in [6.07, 6.45) is -1.11. The Hall–Kier alpha value is -2.04. The molecule has 0 aromatic heterocycles. The Balaban J connectivity index is 1.21. The van der Waals surface area contributed by atoms with Crippen LogP contribution in [0.1, 0.15) is 36.0 Å². The number of amides is 1. The van der Waals surface area contributed by atoms with Gasteiger partial charge in [0.05, 0.1) is 26.2 Å². The lowest BCUT2D eigenvalue weighted by molar-refractivity contribution is -0.148.